The van der Waals surface area contributed by atoms with Crippen LogP contribution in [0.25, 0.3) is 0 Å². The maximum atomic E-state index is 11.9. The average Bonchev–Trinajstić information content (AvgIpc) is 2.41. The lowest BCUT2D eigenvalue weighted by Crippen LogP contribution is -2.47. The van der Waals surface area contributed by atoms with Gasteiger partial charge in [-0.1, -0.05) is 30.3 Å². The highest BCUT2D eigenvalue weighted by atomic mass is 16.6. The summed E-state index contributed by atoms with van der Waals surface area (Å²) in [7, 11) is 0. The molecule has 2 rings (SSSR count). The number of hydrogen-bond donors (Lipinski definition) is 2. The molecule has 1 aromatic rings. The molecule has 4 heteroatoms. The molecule has 4 nitrogen and oxygen atoms in total. The fourth-order valence-corrected chi connectivity index (χ4v) is 3.04. The molecule has 0 unspecified atom stereocenters. The normalized spacial score (nSPS) is 25.5. The molecule has 3 N–H and O–H groups in total. The summed E-state index contributed by atoms with van der Waals surface area (Å²) in [5, 5.41) is 3.00. The third-order valence-corrected chi connectivity index (χ3v) is 4.10. The number of ether oxygens (including phenoxy) is 1. The summed E-state index contributed by atoms with van der Waals surface area (Å²) in [6.45, 7) is 5.63. The van der Waals surface area contributed by atoms with Crippen LogP contribution >= 0.6 is 0 Å². The van der Waals surface area contributed by atoms with E-state index in [0.29, 0.717) is 5.92 Å². The van der Waals surface area contributed by atoms with Crippen LogP contribution in [0.5, 0.6) is 0 Å². The van der Waals surface area contributed by atoms with Crippen LogP contribution in [0.1, 0.15) is 45.6 Å². The molecule has 0 spiro atoms. The van der Waals surface area contributed by atoms with Crippen molar-refractivity contribution in [3.63, 3.8) is 0 Å². The summed E-state index contributed by atoms with van der Waals surface area (Å²) in [6, 6.07) is 10.8. The van der Waals surface area contributed by atoms with Gasteiger partial charge in [-0.05, 0) is 57.9 Å². The minimum Gasteiger partial charge on any atom is -0.444 e. The lowest BCUT2D eigenvalue weighted by atomic mass is 9.79. The van der Waals surface area contributed by atoms with E-state index < -0.39 is 5.60 Å². The Morgan fingerprint density at radius 3 is 2.59 bits per heavy atom. The molecule has 22 heavy (non-hydrogen) atoms. The van der Waals surface area contributed by atoms with E-state index in [1.165, 1.54) is 5.56 Å². The lowest BCUT2D eigenvalue weighted by molar-refractivity contribution is 0.0481. The first-order valence-corrected chi connectivity index (χ1v) is 8.12. The predicted molar refractivity (Wildman–Crippen MR) is 88.6 cm³/mol. The maximum absolute atomic E-state index is 11.9. The topological polar surface area (TPSA) is 64.3 Å². The van der Waals surface area contributed by atoms with E-state index in [0.717, 1.165) is 25.7 Å². The van der Waals surface area contributed by atoms with Gasteiger partial charge in [0, 0.05) is 12.1 Å². The number of hydrogen-bond acceptors (Lipinski definition) is 3. The monoisotopic (exact) mass is 304 g/mol. The number of nitrogens with two attached hydrogens (primary N) is 1. The molecule has 0 aliphatic heterocycles. The molecule has 1 amide bonds. The number of amides is 1. The van der Waals surface area contributed by atoms with Crippen LogP contribution < -0.4 is 11.1 Å². The fourth-order valence-electron chi connectivity index (χ4n) is 3.04. The summed E-state index contributed by atoms with van der Waals surface area (Å²) in [6.07, 6.45) is 3.42. The van der Waals surface area contributed by atoms with Crippen molar-refractivity contribution >= 4 is 6.09 Å². The molecule has 122 valence electrons. The molecule has 0 bridgehead atoms. The number of nitrogens with one attached hydrogen (secondary N) is 1. The number of carbonyl (C=O) groups excluding carboxylic acids is 1. The first-order chi connectivity index (χ1) is 10.3. The van der Waals surface area contributed by atoms with Gasteiger partial charge in [-0.15, -0.1) is 0 Å². The Kier molecular flexibility index (Phi) is 5.46. The molecule has 3 atom stereocenters. The van der Waals surface area contributed by atoms with Crippen molar-refractivity contribution in [2.45, 2.75) is 64.1 Å². The molecule has 0 radical (unpaired) electrons. The molecular weight excluding hydrogens is 276 g/mol. The average molecular weight is 304 g/mol. The molecular formula is C18H28N2O2. The smallest absolute Gasteiger partial charge is 0.407 e. The van der Waals surface area contributed by atoms with Gasteiger partial charge in [0.05, 0.1) is 0 Å². The highest BCUT2D eigenvalue weighted by Crippen LogP contribution is 2.27. The van der Waals surface area contributed by atoms with Crippen molar-refractivity contribution < 1.29 is 9.53 Å². The van der Waals surface area contributed by atoms with Crippen LogP contribution in [-0.4, -0.2) is 23.8 Å². The van der Waals surface area contributed by atoms with Crippen molar-refractivity contribution in [1.82, 2.24) is 5.32 Å². The standard InChI is InChI=1S/C18H28N2O2/c1-18(2,3)22-17(21)20-15-9-10-16(19)14(12-15)11-13-7-5-4-6-8-13/h4-8,14-16H,9-12,19H2,1-3H3,(H,20,21)/t14-,15+,16+/m0/s1. The first kappa shape index (κ1) is 16.8. The zero-order valence-corrected chi connectivity index (χ0v) is 13.8. The largest absolute Gasteiger partial charge is 0.444 e. The summed E-state index contributed by atoms with van der Waals surface area (Å²) < 4.78 is 5.34. The molecule has 0 saturated heterocycles. The summed E-state index contributed by atoms with van der Waals surface area (Å²) >= 11 is 0. The van der Waals surface area contributed by atoms with Gasteiger partial charge in [-0.2, -0.15) is 0 Å². The third-order valence-electron chi connectivity index (χ3n) is 4.10. The molecule has 1 aliphatic carbocycles. The molecule has 1 saturated carbocycles. The van der Waals surface area contributed by atoms with E-state index in [9.17, 15) is 4.79 Å². The van der Waals surface area contributed by atoms with Crippen LogP contribution in [0.2, 0.25) is 0 Å². The zero-order chi connectivity index (χ0) is 16.2. The third kappa shape index (κ3) is 5.34. The van der Waals surface area contributed by atoms with Crippen molar-refractivity contribution in [2.24, 2.45) is 11.7 Å². The van der Waals surface area contributed by atoms with Gasteiger partial charge in [0.15, 0.2) is 0 Å². The van der Waals surface area contributed by atoms with Crippen LogP contribution in [0.15, 0.2) is 30.3 Å². The number of rotatable bonds is 3. The van der Waals surface area contributed by atoms with E-state index in [1.807, 2.05) is 26.8 Å². The number of carbonyl (C=O) groups is 1. The van der Waals surface area contributed by atoms with E-state index in [2.05, 4.69) is 29.6 Å². The van der Waals surface area contributed by atoms with E-state index in [4.69, 9.17) is 10.5 Å². The molecule has 1 aliphatic rings. The Balaban J connectivity index is 1.89. The molecule has 0 aromatic heterocycles. The van der Waals surface area contributed by atoms with Gasteiger partial charge in [-0.25, -0.2) is 4.79 Å². The Labute approximate surface area is 133 Å². The van der Waals surface area contributed by atoms with E-state index >= 15 is 0 Å². The lowest BCUT2D eigenvalue weighted by Gasteiger charge is -2.35. The summed E-state index contributed by atoms with van der Waals surface area (Å²) in [5.74, 6) is 0.399. The van der Waals surface area contributed by atoms with Gasteiger partial charge >= 0.3 is 6.09 Å². The van der Waals surface area contributed by atoms with Gasteiger partial charge in [-0.3, -0.25) is 0 Å². The zero-order valence-electron chi connectivity index (χ0n) is 13.8. The van der Waals surface area contributed by atoms with Crippen LogP contribution in [0, 0.1) is 5.92 Å². The van der Waals surface area contributed by atoms with E-state index in [1.54, 1.807) is 0 Å². The maximum Gasteiger partial charge on any atom is 0.407 e. The second-order valence-electron chi connectivity index (χ2n) is 7.27. The highest BCUT2D eigenvalue weighted by molar-refractivity contribution is 5.68. The molecule has 0 heterocycles. The fraction of sp³-hybridized carbons (Fsp3) is 0.611. The summed E-state index contributed by atoms with van der Waals surface area (Å²) in [5.41, 5.74) is 7.12. The Morgan fingerprint density at radius 2 is 1.95 bits per heavy atom. The molecule has 1 aromatic carbocycles. The second-order valence-corrected chi connectivity index (χ2v) is 7.27. The van der Waals surface area contributed by atoms with Crippen molar-refractivity contribution in [1.29, 1.82) is 0 Å². The predicted octanol–water partition coefficient (Wildman–Crippen LogP) is 3.25. The van der Waals surface area contributed by atoms with Gasteiger partial charge in [0.1, 0.15) is 5.60 Å². The minimum atomic E-state index is -0.460. The van der Waals surface area contributed by atoms with Crippen molar-refractivity contribution in [3.05, 3.63) is 35.9 Å². The Morgan fingerprint density at radius 1 is 1.27 bits per heavy atom. The number of benzene rings is 1. The van der Waals surface area contributed by atoms with Crippen LogP contribution in [0.3, 0.4) is 0 Å². The SMILES string of the molecule is CC(C)(C)OC(=O)N[C@@H]1CC[C@@H](N)[C@@H](Cc2ccccc2)C1. The van der Waals surface area contributed by atoms with Gasteiger partial charge < -0.3 is 15.8 Å². The highest BCUT2D eigenvalue weighted by Gasteiger charge is 2.30. The second kappa shape index (κ2) is 7.14. The van der Waals surface area contributed by atoms with Crippen LogP contribution in [-0.2, 0) is 11.2 Å². The Hall–Kier alpha value is -1.55. The minimum absolute atomic E-state index is 0.156. The number of alkyl carbamates (subject to hydrolysis) is 1. The van der Waals surface area contributed by atoms with Gasteiger partial charge in [0.2, 0.25) is 0 Å². The Bertz CT molecular complexity index is 482. The first-order valence-electron chi connectivity index (χ1n) is 8.12. The van der Waals surface area contributed by atoms with Crippen molar-refractivity contribution in [3.8, 4) is 0 Å². The van der Waals surface area contributed by atoms with Gasteiger partial charge in [0.25, 0.3) is 0 Å². The van der Waals surface area contributed by atoms with Crippen LogP contribution in [0.4, 0.5) is 4.79 Å². The molecule has 1 fully saturated rings. The summed E-state index contributed by atoms with van der Waals surface area (Å²) in [4.78, 5) is 11.9. The van der Waals surface area contributed by atoms with E-state index in [-0.39, 0.29) is 18.2 Å². The van der Waals surface area contributed by atoms with Crippen molar-refractivity contribution in [2.75, 3.05) is 0 Å². The quantitative estimate of drug-likeness (QED) is 0.901.